The number of thioether (sulfide) groups is 1. The van der Waals surface area contributed by atoms with Gasteiger partial charge in [0.25, 0.3) is 0 Å². The van der Waals surface area contributed by atoms with Crippen molar-refractivity contribution in [1.29, 1.82) is 0 Å². The molecule has 0 atom stereocenters. The molecule has 0 radical (unpaired) electrons. The maximum Gasteiger partial charge on any atom is 0.227 e. The van der Waals surface area contributed by atoms with Crippen LogP contribution in [0.2, 0.25) is 0 Å². The molecule has 2 aliphatic rings. The second kappa shape index (κ2) is 9.95. The van der Waals surface area contributed by atoms with Gasteiger partial charge >= 0.3 is 0 Å². The molecule has 0 aromatic heterocycles. The van der Waals surface area contributed by atoms with Crippen molar-refractivity contribution in [3.05, 3.63) is 24.3 Å². The van der Waals surface area contributed by atoms with Gasteiger partial charge in [0, 0.05) is 49.2 Å². The number of fused-ring (bicyclic) bond motifs is 1. The largest absolute Gasteiger partial charge is 0.343 e. The summed E-state index contributed by atoms with van der Waals surface area (Å²) in [6.45, 7) is 3.55. The summed E-state index contributed by atoms with van der Waals surface area (Å²) in [6.07, 6.45) is 2.19. The van der Waals surface area contributed by atoms with Crippen LogP contribution in [0, 0.1) is 0 Å². The van der Waals surface area contributed by atoms with Crippen LogP contribution in [-0.2, 0) is 19.6 Å². The molecule has 0 spiro atoms. The Morgan fingerprint density at radius 2 is 1.79 bits per heavy atom. The summed E-state index contributed by atoms with van der Waals surface area (Å²) in [5.41, 5.74) is 0.932. The van der Waals surface area contributed by atoms with Crippen LogP contribution in [0.1, 0.15) is 39.0 Å². The number of amides is 2. The van der Waals surface area contributed by atoms with Gasteiger partial charge in [-0.3, -0.25) is 9.59 Å². The Balaban J connectivity index is 1.46. The van der Waals surface area contributed by atoms with Gasteiger partial charge in [0.15, 0.2) is 0 Å². The van der Waals surface area contributed by atoms with Crippen LogP contribution in [0.4, 0.5) is 5.69 Å². The highest BCUT2D eigenvalue weighted by molar-refractivity contribution is 7.99. The summed E-state index contributed by atoms with van der Waals surface area (Å²) in [5, 5.41) is 0. The van der Waals surface area contributed by atoms with Crippen molar-refractivity contribution in [1.82, 2.24) is 9.62 Å². The van der Waals surface area contributed by atoms with Crippen molar-refractivity contribution >= 4 is 39.3 Å². The molecule has 7 nitrogen and oxygen atoms in total. The topological polar surface area (TPSA) is 86.8 Å². The molecule has 1 aromatic rings. The zero-order chi connectivity index (χ0) is 20.9. The summed E-state index contributed by atoms with van der Waals surface area (Å²) in [4.78, 5) is 29.9. The second-order valence-corrected chi connectivity index (χ2v) is 10.5. The quantitative estimate of drug-likeness (QED) is 0.704. The summed E-state index contributed by atoms with van der Waals surface area (Å²) in [7, 11) is -3.23. The van der Waals surface area contributed by atoms with E-state index in [1.165, 1.54) is 0 Å². The Morgan fingerprint density at radius 3 is 2.52 bits per heavy atom. The first-order valence-corrected chi connectivity index (χ1v) is 12.8. The van der Waals surface area contributed by atoms with Crippen LogP contribution in [0.3, 0.4) is 0 Å². The van der Waals surface area contributed by atoms with Gasteiger partial charge in [0.1, 0.15) is 0 Å². The van der Waals surface area contributed by atoms with Gasteiger partial charge in [0.05, 0.1) is 11.4 Å². The van der Waals surface area contributed by atoms with Gasteiger partial charge in [-0.05, 0) is 31.4 Å². The molecule has 1 fully saturated rings. The normalized spacial score (nSPS) is 17.8. The molecule has 3 rings (SSSR count). The second-order valence-electron chi connectivity index (χ2n) is 7.45. The first-order chi connectivity index (χ1) is 13.9. The van der Waals surface area contributed by atoms with E-state index < -0.39 is 10.0 Å². The number of rotatable bonds is 7. The lowest BCUT2D eigenvalue weighted by Gasteiger charge is -2.33. The third-order valence-electron chi connectivity index (χ3n) is 5.25. The number of carbonyl (C=O) groups is 2. The van der Waals surface area contributed by atoms with Crippen molar-refractivity contribution in [2.24, 2.45) is 0 Å². The lowest BCUT2D eigenvalue weighted by Crippen LogP contribution is -2.47. The average Bonchev–Trinajstić information content (AvgIpc) is 2.71. The lowest BCUT2D eigenvalue weighted by atomic mass is 10.1. The number of sulfonamides is 1. The summed E-state index contributed by atoms with van der Waals surface area (Å²) >= 11 is 1.75. The number of hydrogen-bond acceptors (Lipinski definition) is 5. The predicted octanol–water partition coefficient (Wildman–Crippen LogP) is 2.23. The van der Waals surface area contributed by atoms with Gasteiger partial charge in [-0.15, -0.1) is 11.8 Å². The molecule has 1 saturated heterocycles. The monoisotopic (exact) mass is 439 g/mol. The Hall–Kier alpha value is -1.58. The molecule has 1 aromatic carbocycles. The molecule has 2 amide bonds. The van der Waals surface area contributed by atoms with Crippen molar-refractivity contribution in [3.63, 3.8) is 0 Å². The Morgan fingerprint density at radius 1 is 1.10 bits per heavy atom. The highest BCUT2D eigenvalue weighted by Gasteiger charge is 2.27. The number of likely N-dealkylation sites (tertiary alicyclic amines) is 1. The van der Waals surface area contributed by atoms with Crippen molar-refractivity contribution in [2.75, 3.05) is 36.0 Å². The maximum atomic E-state index is 12.7. The van der Waals surface area contributed by atoms with E-state index in [2.05, 4.69) is 4.72 Å². The van der Waals surface area contributed by atoms with Crippen LogP contribution < -0.4 is 9.62 Å². The number of para-hydroxylation sites is 1. The van der Waals surface area contributed by atoms with E-state index in [0.717, 1.165) is 16.3 Å². The Labute approximate surface area is 177 Å². The van der Waals surface area contributed by atoms with Crippen LogP contribution in [0.5, 0.6) is 0 Å². The zero-order valence-corrected chi connectivity index (χ0v) is 18.4. The SMILES string of the molecule is CCCS(=O)(=O)NC1CCN(C(=O)CCC(=O)N2CCSc3ccccc32)CC1. The molecule has 160 valence electrons. The Kier molecular flexibility index (Phi) is 7.59. The minimum Gasteiger partial charge on any atom is -0.343 e. The first kappa shape index (κ1) is 22.1. The molecule has 1 N–H and O–H groups in total. The highest BCUT2D eigenvalue weighted by Crippen LogP contribution is 2.34. The van der Waals surface area contributed by atoms with Gasteiger partial charge in [-0.1, -0.05) is 19.1 Å². The summed E-state index contributed by atoms with van der Waals surface area (Å²) < 4.78 is 26.5. The zero-order valence-electron chi connectivity index (χ0n) is 16.8. The number of nitrogens with zero attached hydrogens (tertiary/aromatic N) is 2. The third kappa shape index (κ3) is 5.96. The highest BCUT2D eigenvalue weighted by atomic mass is 32.2. The molecule has 0 aliphatic carbocycles. The molecule has 2 aliphatic heterocycles. The van der Waals surface area contributed by atoms with E-state index in [1.54, 1.807) is 21.6 Å². The number of piperidine rings is 1. The van der Waals surface area contributed by atoms with Gasteiger partial charge in [0.2, 0.25) is 21.8 Å². The lowest BCUT2D eigenvalue weighted by molar-refractivity contribution is -0.134. The van der Waals surface area contributed by atoms with Crippen LogP contribution in [0.15, 0.2) is 29.2 Å². The van der Waals surface area contributed by atoms with Crippen molar-refractivity contribution in [3.8, 4) is 0 Å². The molecular formula is C20H29N3O4S2. The minimum atomic E-state index is -3.23. The number of hydrogen-bond donors (Lipinski definition) is 1. The van der Waals surface area contributed by atoms with E-state index in [9.17, 15) is 18.0 Å². The van der Waals surface area contributed by atoms with E-state index in [0.29, 0.717) is 38.9 Å². The number of anilines is 1. The van der Waals surface area contributed by atoms with Crippen LogP contribution >= 0.6 is 11.8 Å². The van der Waals surface area contributed by atoms with E-state index in [-0.39, 0.29) is 36.5 Å². The number of nitrogens with one attached hydrogen (secondary N) is 1. The fraction of sp³-hybridized carbons (Fsp3) is 0.600. The van der Waals surface area contributed by atoms with Gasteiger partial charge in [-0.25, -0.2) is 13.1 Å². The minimum absolute atomic E-state index is 0.0201. The Bertz CT molecular complexity index is 836. The van der Waals surface area contributed by atoms with E-state index >= 15 is 0 Å². The molecule has 29 heavy (non-hydrogen) atoms. The summed E-state index contributed by atoms with van der Waals surface area (Å²) in [5.74, 6) is 0.936. The molecular weight excluding hydrogens is 410 g/mol. The number of carbonyl (C=O) groups excluding carboxylic acids is 2. The third-order valence-corrected chi connectivity index (χ3v) is 7.93. The molecule has 0 unspecified atom stereocenters. The molecule has 0 bridgehead atoms. The van der Waals surface area contributed by atoms with Crippen molar-refractivity contribution in [2.45, 2.75) is 50.0 Å². The van der Waals surface area contributed by atoms with Gasteiger partial charge < -0.3 is 9.80 Å². The van der Waals surface area contributed by atoms with Crippen LogP contribution in [0.25, 0.3) is 0 Å². The van der Waals surface area contributed by atoms with E-state index in [4.69, 9.17) is 0 Å². The molecule has 9 heteroatoms. The summed E-state index contributed by atoms with van der Waals surface area (Å²) in [6, 6.07) is 7.75. The fourth-order valence-corrected chi connectivity index (χ4v) is 6.16. The average molecular weight is 440 g/mol. The predicted molar refractivity (Wildman–Crippen MR) is 116 cm³/mol. The maximum absolute atomic E-state index is 12.7. The van der Waals surface area contributed by atoms with Crippen molar-refractivity contribution < 1.29 is 18.0 Å². The first-order valence-electron chi connectivity index (χ1n) is 10.2. The molecule has 0 saturated carbocycles. The standard InChI is InChI=1S/C20H29N3O4S2/c1-2-15-29(26,27)21-16-9-11-22(12-10-16)19(24)7-8-20(25)23-13-14-28-18-6-4-3-5-17(18)23/h3-6,16,21H,2,7-15H2,1H3. The van der Waals surface area contributed by atoms with E-state index in [1.807, 2.05) is 31.2 Å². The fourth-order valence-electron chi connectivity index (χ4n) is 3.76. The van der Waals surface area contributed by atoms with Crippen LogP contribution in [-0.4, -0.2) is 62.3 Å². The number of benzene rings is 1. The molecule has 2 heterocycles. The smallest absolute Gasteiger partial charge is 0.227 e. The van der Waals surface area contributed by atoms with Gasteiger partial charge in [-0.2, -0.15) is 0 Å².